The van der Waals surface area contributed by atoms with Crippen LogP contribution in [0.4, 0.5) is 0 Å². The summed E-state index contributed by atoms with van der Waals surface area (Å²) in [5.41, 5.74) is 1.16. The molecule has 0 saturated carbocycles. The molecule has 1 aromatic rings. The Morgan fingerprint density at radius 2 is 2.00 bits per heavy atom. The first-order valence-electron chi connectivity index (χ1n) is 9.32. The summed E-state index contributed by atoms with van der Waals surface area (Å²) in [5.74, 6) is -0.0707. The Morgan fingerprint density at radius 3 is 2.72 bits per heavy atom. The van der Waals surface area contributed by atoms with Gasteiger partial charge in [-0.3, -0.25) is 4.79 Å². The summed E-state index contributed by atoms with van der Waals surface area (Å²) in [6, 6.07) is 9.93. The molecule has 25 heavy (non-hydrogen) atoms. The first-order chi connectivity index (χ1) is 12.0. The molecule has 1 aliphatic rings. The van der Waals surface area contributed by atoms with Gasteiger partial charge in [0.05, 0.1) is 11.7 Å². The molecular weight excluding hydrogens is 336 g/mol. The number of benzene rings is 1. The van der Waals surface area contributed by atoms with Crippen molar-refractivity contribution in [1.29, 1.82) is 0 Å². The molecule has 1 amide bonds. The number of piperidine rings is 1. The van der Waals surface area contributed by atoms with Crippen molar-refractivity contribution in [3.05, 3.63) is 35.9 Å². The molecule has 1 aliphatic heterocycles. The number of amides is 1. The van der Waals surface area contributed by atoms with Gasteiger partial charge in [-0.05, 0) is 37.7 Å². The Balaban J connectivity index is 1.82. The van der Waals surface area contributed by atoms with E-state index in [9.17, 15) is 13.2 Å². The zero-order valence-electron chi connectivity index (χ0n) is 15.1. The smallest absolute Gasteiger partial charge is 0.224 e. The highest BCUT2D eigenvalue weighted by molar-refractivity contribution is 7.89. The minimum Gasteiger partial charge on any atom is -0.356 e. The van der Waals surface area contributed by atoms with Crippen LogP contribution in [-0.4, -0.2) is 44.0 Å². The Hall–Kier alpha value is -1.40. The lowest BCUT2D eigenvalue weighted by molar-refractivity contribution is -0.126. The summed E-state index contributed by atoms with van der Waals surface area (Å²) < 4.78 is 26.7. The third kappa shape index (κ3) is 6.44. The molecule has 0 bridgehead atoms. The monoisotopic (exact) mass is 366 g/mol. The highest BCUT2D eigenvalue weighted by atomic mass is 32.2. The molecular formula is C19H30N2O3S. The van der Waals surface area contributed by atoms with E-state index in [2.05, 4.69) is 12.2 Å². The van der Waals surface area contributed by atoms with Gasteiger partial charge in [0.1, 0.15) is 0 Å². The number of hydrogen-bond acceptors (Lipinski definition) is 3. The molecule has 0 radical (unpaired) electrons. The van der Waals surface area contributed by atoms with Crippen LogP contribution in [0.25, 0.3) is 0 Å². The highest BCUT2D eigenvalue weighted by Crippen LogP contribution is 2.20. The predicted octanol–water partition coefficient (Wildman–Crippen LogP) is 2.58. The predicted molar refractivity (Wildman–Crippen MR) is 101 cm³/mol. The van der Waals surface area contributed by atoms with Gasteiger partial charge in [0, 0.05) is 19.6 Å². The molecule has 0 aliphatic carbocycles. The number of hydrogen-bond donors (Lipinski definition) is 1. The topological polar surface area (TPSA) is 66.5 Å². The lowest BCUT2D eigenvalue weighted by atomic mass is 9.99. The third-order valence-corrected chi connectivity index (χ3v) is 6.61. The van der Waals surface area contributed by atoms with Crippen molar-refractivity contribution in [2.75, 3.05) is 25.4 Å². The van der Waals surface area contributed by atoms with Gasteiger partial charge in [-0.25, -0.2) is 12.7 Å². The van der Waals surface area contributed by atoms with Gasteiger partial charge in [0.25, 0.3) is 0 Å². The third-order valence-electron chi connectivity index (χ3n) is 4.69. The van der Waals surface area contributed by atoms with E-state index >= 15 is 0 Å². The van der Waals surface area contributed by atoms with Crippen molar-refractivity contribution < 1.29 is 13.2 Å². The molecule has 1 N–H and O–H groups in total. The van der Waals surface area contributed by atoms with Crippen LogP contribution in [0, 0.1) is 5.92 Å². The molecule has 1 fully saturated rings. The van der Waals surface area contributed by atoms with E-state index in [1.165, 1.54) is 4.31 Å². The number of carbonyl (C=O) groups is 1. The van der Waals surface area contributed by atoms with E-state index in [1.54, 1.807) is 0 Å². The molecule has 140 valence electrons. The van der Waals surface area contributed by atoms with Crippen LogP contribution in [0.2, 0.25) is 0 Å². The van der Waals surface area contributed by atoms with Crippen LogP contribution < -0.4 is 5.32 Å². The van der Waals surface area contributed by atoms with Crippen molar-refractivity contribution in [2.24, 2.45) is 5.92 Å². The average molecular weight is 367 g/mol. The fourth-order valence-electron chi connectivity index (χ4n) is 3.17. The molecule has 1 saturated heterocycles. The minimum absolute atomic E-state index is 0.00219. The van der Waals surface area contributed by atoms with Gasteiger partial charge in [-0.1, -0.05) is 43.7 Å². The quantitative estimate of drug-likeness (QED) is 0.683. The van der Waals surface area contributed by atoms with E-state index in [0.717, 1.165) is 37.7 Å². The second kappa shape index (κ2) is 9.92. The van der Waals surface area contributed by atoms with Crippen LogP contribution in [-0.2, 0) is 21.2 Å². The molecule has 2 rings (SSSR count). The number of nitrogens with one attached hydrogen (secondary N) is 1. The van der Waals surface area contributed by atoms with Crippen LogP contribution >= 0.6 is 0 Å². The SMILES string of the molecule is CCCCNC(=O)[C@@H]1CCCN(S(=O)(=O)CCCc2ccccc2)C1. The van der Waals surface area contributed by atoms with Gasteiger partial charge < -0.3 is 5.32 Å². The van der Waals surface area contributed by atoms with Crippen molar-refractivity contribution >= 4 is 15.9 Å². The van der Waals surface area contributed by atoms with Crippen LogP contribution in [0.3, 0.4) is 0 Å². The fourth-order valence-corrected chi connectivity index (χ4v) is 4.76. The zero-order valence-corrected chi connectivity index (χ0v) is 15.9. The van der Waals surface area contributed by atoms with Gasteiger partial charge in [-0.15, -0.1) is 0 Å². The van der Waals surface area contributed by atoms with Gasteiger partial charge >= 0.3 is 0 Å². The largest absolute Gasteiger partial charge is 0.356 e. The van der Waals surface area contributed by atoms with E-state index in [4.69, 9.17) is 0 Å². The normalized spacial score (nSPS) is 18.8. The first kappa shape index (κ1) is 19.9. The van der Waals surface area contributed by atoms with Crippen molar-refractivity contribution in [1.82, 2.24) is 9.62 Å². The number of unbranched alkanes of at least 4 members (excludes halogenated alkanes) is 1. The molecule has 0 spiro atoms. The van der Waals surface area contributed by atoms with Crippen molar-refractivity contribution in [2.45, 2.75) is 45.4 Å². The number of nitrogens with zero attached hydrogens (tertiary/aromatic N) is 1. The molecule has 6 heteroatoms. The summed E-state index contributed by atoms with van der Waals surface area (Å²) in [6.07, 6.45) is 4.88. The summed E-state index contributed by atoms with van der Waals surface area (Å²) in [5, 5.41) is 2.93. The lowest BCUT2D eigenvalue weighted by Gasteiger charge is -2.31. The van der Waals surface area contributed by atoms with E-state index in [-0.39, 0.29) is 17.6 Å². The fraction of sp³-hybridized carbons (Fsp3) is 0.632. The Bertz CT molecular complexity index is 631. The van der Waals surface area contributed by atoms with Crippen LogP contribution in [0.15, 0.2) is 30.3 Å². The van der Waals surface area contributed by atoms with E-state index in [0.29, 0.717) is 26.1 Å². The van der Waals surface area contributed by atoms with E-state index < -0.39 is 10.0 Å². The number of carbonyl (C=O) groups excluding carboxylic acids is 1. The maximum absolute atomic E-state index is 12.6. The highest BCUT2D eigenvalue weighted by Gasteiger charge is 2.31. The standard InChI is InChI=1S/C19H30N2O3S/c1-2-3-13-20-19(22)18-12-7-14-21(16-18)25(23,24)15-8-11-17-9-5-4-6-10-17/h4-6,9-10,18H,2-3,7-8,11-16H2,1H3,(H,20,22)/t18-/m1/s1. The molecule has 0 unspecified atom stereocenters. The minimum atomic E-state index is -3.29. The first-order valence-corrected chi connectivity index (χ1v) is 10.9. The molecule has 1 heterocycles. The Morgan fingerprint density at radius 1 is 1.24 bits per heavy atom. The van der Waals surface area contributed by atoms with Crippen molar-refractivity contribution in [3.63, 3.8) is 0 Å². The summed E-state index contributed by atoms with van der Waals surface area (Å²) >= 11 is 0. The van der Waals surface area contributed by atoms with E-state index in [1.807, 2.05) is 30.3 Å². The zero-order chi connectivity index (χ0) is 18.1. The average Bonchev–Trinajstić information content (AvgIpc) is 2.63. The second-order valence-corrected chi connectivity index (χ2v) is 8.84. The second-order valence-electron chi connectivity index (χ2n) is 6.75. The molecule has 0 aromatic heterocycles. The van der Waals surface area contributed by atoms with Crippen molar-refractivity contribution in [3.8, 4) is 0 Å². The molecule has 1 aromatic carbocycles. The maximum atomic E-state index is 12.6. The maximum Gasteiger partial charge on any atom is 0.224 e. The van der Waals surface area contributed by atoms with Crippen LogP contribution in [0.5, 0.6) is 0 Å². The summed E-state index contributed by atoms with van der Waals surface area (Å²) in [7, 11) is -3.29. The molecule has 5 nitrogen and oxygen atoms in total. The lowest BCUT2D eigenvalue weighted by Crippen LogP contribution is -2.46. The number of aryl methyl sites for hydroxylation is 1. The number of sulfonamides is 1. The number of rotatable bonds is 9. The molecule has 1 atom stereocenters. The summed E-state index contributed by atoms with van der Waals surface area (Å²) in [4.78, 5) is 12.2. The van der Waals surface area contributed by atoms with Crippen LogP contribution in [0.1, 0.15) is 44.6 Å². The van der Waals surface area contributed by atoms with Gasteiger partial charge in [-0.2, -0.15) is 0 Å². The Labute approximate surface area is 151 Å². The summed E-state index contributed by atoms with van der Waals surface area (Å²) in [6.45, 7) is 3.62. The van der Waals surface area contributed by atoms with Gasteiger partial charge in [0.15, 0.2) is 0 Å². The Kier molecular flexibility index (Phi) is 7.90. The van der Waals surface area contributed by atoms with Gasteiger partial charge in [0.2, 0.25) is 15.9 Å².